The van der Waals surface area contributed by atoms with Gasteiger partial charge >= 0.3 is 0 Å². The van der Waals surface area contributed by atoms with E-state index in [-0.39, 0.29) is 6.04 Å². The lowest BCUT2D eigenvalue weighted by Gasteiger charge is -2.20. The van der Waals surface area contributed by atoms with Crippen molar-refractivity contribution >= 4 is 0 Å². The molecule has 1 saturated heterocycles. The lowest BCUT2D eigenvalue weighted by atomic mass is 10.1. The second-order valence-corrected chi connectivity index (χ2v) is 5.95. The molecule has 0 spiro atoms. The standard InChI is InChI=1S/C17H19N5O/c1-12-18-17(20-19-12)16-8-5-9-22(16)11-14-10-15(21-23-14)13-6-3-2-4-7-13/h2-4,6-7,10,16H,5,8-9,11H2,1H3,(H,18,19,20). The number of hydrogen-bond acceptors (Lipinski definition) is 5. The quantitative estimate of drug-likeness (QED) is 0.802. The van der Waals surface area contributed by atoms with E-state index in [0.717, 1.165) is 54.6 Å². The van der Waals surface area contributed by atoms with Crippen molar-refractivity contribution in [3.8, 4) is 11.3 Å². The van der Waals surface area contributed by atoms with Crippen molar-refractivity contribution in [1.82, 2.24) is 25.2 Å². The van der Waals surface area contributed by atoms with Crippen molar-refractivity contribution in [3.63, 3.8) is 0 Å². The molecule has 23 heavy (non-hydrogen) atoms. The number of aryl methyl sites for hydroxylation is 1. The van der Waals surface area contributed by atoms with Gasteiger partial charge in [-0.15, -0.1) is 0 Å². The Kier molecular flexibility index (Phi) is 3.67. The molecule has 1 aromatic carbocycles. The Morgan fingerprint density at radius 2 is 2.17 bits per heavy atom. The Hall–Kier alpha value is -2.47. The minimum Gasteiger partial charge on any atom is -0.359 e. The maximum absolute atomic E-state index is 5.53. The first kappa shape index (κ1) is 14.1. The predicted molar refractivity (Wildman–Crippen MR) is 85.4 cm³/mol. The molecular weight excluding hydrogens is 290 g/mol. The molecule has 0 amide bonds. The summed E-state index contributed by atoms with van der Waals surface area (Å²) < 4.78 is 5.53. The monoisotopic (exact) mass is 309 g/mol. The zero-order valence-electron chi connectivity index (χ0n) is 13.1. The Labute approximate surface area is 134 Å². The molecule has 0 radical (unpaired) electrons. The van der Waals surface area contributed by atoms with Gasteiger partial charge in [0.05, 0.1) is 12.6 Å². The van der Waals surface area contributed by atoms with E-state index in [2.05, 4.69) is 25.2 Å². The van der Waals surface area contributed by atoms with Crippen molar-refractivity contribution in [2.24, 2.45) is 0 Å². The molecule has 3 heterocycles. The third-order valence-corrected chi connectivity index (χ3v) is 4.26. The van der Waals surface area contributed by atoms with Crippen molar-refractivity contribution in [2.45, 2.75) is 32.4 Å². The largest absolute Gasteiger partial charge is 0.359 e. The van der Waals surface area contributed by atoms with Gasteiger partial charge in [0.1, 0.15) is 11.5 Å². The van der Waals surface area contributed by atoms with Crippen LogP contribution in [0, 0.1) is 6.92 Å². The topological polar surface area (TPSA) is 70.8 Å². The van der Waals surface area contributed by atoms with Crippen LogP contribution in [0.25, 0.3) is 11.3 Å². The molecule has 2 aromatic heterocycles. The smallest absolute Gasteiger partial charge is 0.167 e. The molecule has 0 aliphatic carbocycles. The summed E-state index contributed by atoms with van der Waals surface area (Å²) in [6.07, 6.45) is 2.23. The van der Waals surface area contributed by atoms with Gasteiger partial charge in [0.25, 0.3) is 0 Å². The van der Waals surface area contributed by atoms with Gasteiger partial charge in [0.15, 0.2) is 11.6 Å². The summed E-state index contributed by atoms with van der Waals surface area (Å²) in [7, 11) is 0. The van der Waals surface area contributed by atoms with Gasteiger partial charge in [-0.2, -0.15) is 5.10 Å². The molecule has 6 nitrogen and oxygen atoms in total. The number of nitrogens with zero attached hydrogens (tertiary/aromatic N) is 4. The number of aromatic amines is 1. The van der Waals surface area contributed by atoms with Gasteiger partial charge in [-0.25, -0.2) is 4.98 Å². The van der Waals surface area contributed by atoms with E-state index < -0.39 is 0 Å². The van der Waals surface area contributed by atoms with Crippen LogP contribution < -0.4 is 0 Å². The summed E-state index contributed by atoms with van der Waals surface area (Å²) >= 11 is 0. The van der Waals surface area contributed by atoms with Gasteiger partial charge in [-0.3, -0.25) is 10.00 Å². The highest BCUT2D eigenvalue weighted by Gasteiger charge is 2.29. The maximum Gasteiger partial charge on any atom is 0.167 e. The lowest BCUT2D eigenvalue weighted by molar-refractivity contribution is 0.211. The number of aromatic nitrogens is 4. The van der Waals surface area contributed by atoms with Gasteiger partial charge in [0, 0.05) is 11.6 Å². The zero-order chi connectivity index (χ0) is 15.6. The summed E-state index contributed by atoms with van der Waals surface area (Å²) in [6, 6.07) is 12.4. The van der Waals surface area contributed by atoms with E-state index in [0.29, 0.717) is 0 Å². The summed E-state index contributed by atoms with van der Waals surface area (Å²) in [6.45, 7) is 3.69. The SMILES string of the molecule is Cc1nc(C2CCCN2Cc2cc(-c3ccccc3)no2)n[nH]1. The molecule has 1 aliphatic heterocycles. The van der Waals surface area contributed by atoms with Crippen LogP contribution in [-0.4, -0.2) is 31.8 Å². The Morgan fingerprint density at radius 1 is 1.30 bits per heavy atom. The molecule has 1 unspecified atom stereocenters. The number of nitrogens with one attached hydrogen (secondary N) is 1. The molecule has 4 rings (SSSR count). The van der Waals surface area contributed by atoms with Crippen molar-refractivity contribution in [3.05, 3.63) is 53.8 Å². The minimum absolute atomic E-state index is 0.255. The van der Waals surface area contributed by atoms with Crippen molar-refractivity contribution < 1.29 is 4.52 Å². The fourth-order valence-corrected chi connectivity index (χ4v) is 3.15. The van der Waals surface area contributed by atoms with Gasteiger partial charge < -0.3 is 4.52 Å². The summed E-state index contributed by atoms with van der Waals surface area (Å²) in [4.78, 5) is 6.84. The molecule has 6 heteroatoms. The average Bonchev–Trinajstić information content (AvgIpc) is 3.29. The summed E-state index contributed by atoms with van der Waals surface area (Å²) in [5.74, 6) is 2.61. The Morgan fingerprint density at radius 3 is 2.96 bits per heavy atom. The first-order chi connectivity index (χ1) is 11.3. The molecule has 1 fully saturated rings. The van der Waals surface area contributed by atoms with Crippen LogP contribution in [0.4, 0.5) is 0 Å². The maximum atomic E-state index is 5.53. The first-order valence-corrected chi connectivity index (χ1v) is 7.93. The van der Waals surface area contributed by atoms with E-state index in [1.165, 1.54) is 0 Å². The van der Waals surface area contributed by atoms with Gasteiger partial charge in [-0.1, -0.05) is 35.5 Å². The second kappa shape index (κ2) is 5.96. The van der Waals surface area contributed by atoms with E-state index in [1.54, 1.807) is 0 Å². The van der Waals surface area contributed by atoms with Crippen LogP contribution in [0.2, 0.25) is 0 Å². The molecule has 3 aromatic rings. The molecule has 1 aliphatic rings. The van der Waals surface area contributed by atoms with E-state index in [9.17, 15) is 0 Å². The highest BCUT2D eigenvalue weighted by molar-refractivity contribution is 5.58. The molecule has 0 saturated carbocycles. The third kappa shape index (κ3) is 2.90. The van der Waals surface area contributed by atoms with Crippen molar-refractivity contribution in [1.29, 1.82) is 0 Å². The number of likely N-dealkylation sites (tertiary alicyclic amines) is 1. The summed E-state index contributed by atoms with van der Waals surface area (Å²) in [5.41, 5.74) is 1.95. The van der Waals surface area contributed by atoms with Gasteiger partial charge in [-0.05, 0) is 26.3 Å². The van der Waals surface area contributed by atoms with E-state index in [4.69, 9.17) is 4.52 Å². The fraction of sp³-hybridized carbons (Fsp3) is 0.353. The molecule has 118 valence electrons. The van der Waals surface area contributed by atoms with Crippen LogP contribution >= 0.6 is 0 Å². The summed E-state index contributed by atoms with van der Waals surface area (Å²) in [5, 5.41) is 11.4. The van der Waals surface area contributed by atoms with E-state index >= 15 is 0 Å². The zero-order valence-corrected chi connectivity index (χ0v) is 13.1. The van der Waals surface area contributed by atoms with Crippen LogP contribution in [0.15, 0.2) is 40.9 Å². The fourth-order valence-electron chi connectivity index (χ4n) is 3.15. The number of rotatable bonds is 4. The average molecular weight is 309 g/mol. The van der Waals surface area contributed by atoms with Crippen LogP contribution in [-0.2, 0) is 6.54 Å². The first-order valence-electron chi connectivity index (χ1n) is 7.93. The van der Waals surface area contributed by atoms with Crippen molar-refractivity contribution in [2.75, 3.05) is 6.54 Å². The van der Waals surface area contributed by atoms with E-state index in [1.807, 2.05) is 43.3 Å². The Balaban J connectivity index is 1.50. The van der Waals surface area contributed by atoms with Gasteiger partial charge in [0.2, 0.25) is 0 Å². The number of hydrogen-bond donors (Lipinski definition) is 1. The highest BCUT2D eigenvalue weighted by atomic mass is 16.5. The number of benzene rings is 1. The van der Waals surface area contributed by atoms with Crippen LogP contribution in [0.3, 0.4) is 0 Å². The third-order valence-electron chi connectivity index (χ3n) is 4.26. The molecule has 1 N–H and O–H groups in total. The van der Waals surface area contributed by atoms with Crippen LogP contribution in [0.5, 0.6) is 0 Å². The molecular formula is C17H19N5O. The Bertz CT molecular complexity index is 779. The number of H-pyrrole nitrogens is 1. The minimum atomic E-state index is 0.255. The second-order valence-electron chi connectivity index (χ2n) is 5.95. The van der Waals surface area contributed by atoms with Crippen LogP contribution in [0.1, 0.15) is 36.3 Å². The highest BCUT2D eigenvalue weighted by Crippen LogP contribution is 2.31. The molecule has 0 bridgehead atoms. The molecule has 1 atom stereocenters. The lowest BCUT2D eigenvalue weighted by Crippen LogP contribution is -2.23. The predicted octanol–water partition coefficient (Wildman–Crippen LogP) is 3.11. The normalized spacial score (nSPS) is 18.6.